The number of carbonyl (C=O) groups is 2. The van der Waals surface area contributed by atoms with Crippen LogP contribution in [-0.2, 0) is 9.59 Å². The first-order valence-electron chi connectivity index (χ1n) is 9.12. The van der Waals surface area contributed by atoms with E-state index in [2.05, 4.69) is 55.9 Å². The summed E-state index contributed by atoms with van der Waals surface area (Å²) in [5.74, 6) is -1.43. The molecule has 1 amide bonds. The lowest BCUT2D eigenvalue weighted by Gasteiger charge is -2.20. The van der Waals surface area contributed by atoms with Crippen LogP contribution in [0.4, 0.5) is 13.2 Å². The molecule has 158 valence electrons. The number of aliphatic carboxylic acids is 1. The normalized spacial score (nSPS) is 16.8. The van der Waals surface area contributed by atoms with Gasteiger partial charge < -0.3 is 15.0 Å². The first kappa shape index (κ1) is 22.4. The molecule has 2 N–H and O–H groups in total. The number of carbonyl (C=O) groups excluding carboxylic acids is 1. The van der Waals surface area contributed by atoms with Crippen molar-refractivity contribution in [3.63, 3.8) is 0 Å². The van der Waals surface area contributed by atoms with Gasteiger partial charge in [0.1, 0.15) is 5.82 Å². The van der Waals surface area contributed by atoms with Crippen LogP contribution >= 0.6 is 0 Å². The van der Waals surface area contributed by atoms with Gasteiger partial charge in [0, 0.05) is 30.5 Å². The molecule has 1 saturated heterocycles. The maximum absolute atomic E-state index is 12.1. The van der Waals surface area contributed by atoms with E-state index in [1.54, 1.807) is 0 Å². The summed E-state index contributed by atoms with van der Waals surface area (Å²) in [6.45, 7) is 9.09. The van der Waals surface area contributed by atoms with Crippen molar-refractivity contribution >= 4 is 11.9 Å². The molecule has 0 aliphatic carbocycles. The SMILES string of the molecule is Cc1ccc(-c2cnc(C3CC(=O)N(C(C)C)C3)[nH]2)c(C)c1.O=C(O)C(F)(F)F. The van der Waals surface area contributed by atoms with Crippen molar-refractivity contribution in [1.29, 1.82) is 0 Å². The number of hydrogen-bond donors (Lipinski definition) is 2. The molecule has 0 spiro atoms. The number of nitrogens with zero attached hydrogens (tertiary/aromatic N) is 2. The standard InChI is InChI=1S/C18H23N3O.C2HF3O2/c1-11(2)21-10-14(8-17(21)22)18-19-9-16(20-18)15-6-5-12(3)7-13(15)4;3-2(4,5)1(6)7/h5-7,9,11,14H,8,10H2,1-4H3,(H,19,20);(H,6,7). The quantitative estimate of drug-likeness (QED) is 0.798. The van der Waals surface area contributed by atoms with Crippen LogP contribution in [0.25, 0.3) is 11.3 Å². The van der Waals surface area contributed by atoms with E-state index in [4.69, 9.17) is 9.90 Å². The minimum absolute atomic E-state index is 0.175. The molecule has 1 aromatic heterocycles. The molecular weight excluding hydrogens is 387 g/mol. The van der Waals surface area contributed by atoms with E-state index in [-0.39, 0.29) is 17.9 Å². The lowest BCUT2D eigenvalue weighted by molar-refractivity contribution is -0.192. The topological polar surface area (TPSA) is 86.3 Å². The van der Waals surface area contributed by atoms with Gasteiger partial charge in [-0.2, -0.15) is 13.2 Å². The van der Waals surface area contributed by atoms with Crippen molar-refractivity contribution in [2.75, 3.05) is 6.54 Å². The van der Waals surface area contributed by atoms with Gasteiger partial charge in [-0.15, -0.1) is 0 Å². The summed E-state index contributed by atoms with van der Waals surface area (Å²) in [7, 11) is 0. The first-order chi connectivity index (χ1) is 13.4. The summed E-state index contributed by atoms with van der Waals surface area (Å²) in [5, 5.41) is 7.12. The second-order valence-electron chi connectivity index (χ2n) is 7.34. The number of nitrogens with one attached hydrogen (secondary N) is 1. The van der Waals surface area contributed by atoms with Crippen molar-refractivity contribution in [3.8, 4) is 11.3 Å². The van der Waals surface area contributed by atoms with Gasteiger partial charge in [-0.1, -0.05) is 23.8 Å². The van der Waals surface area contributed by atoms with E-state index in [1.807, 2.05) is 11.1 Å². The van der Waals surface area contributed by atoms with E-state index in [9.17, 15) is 18.0 Å². The molecule has 1 aromatic carbocycles. The Morgan fingerprint density at radius 2 is 1.93 bits per heavy atom. The summed E-state index contributed by atoms with van der Waals surface area (Å²) in [4.78, 5) is 30.8. The number of H-pyrrole nitrogens is 1. The summed E-state index contributed by atoms with van der Waals surface area (Å²) < 4.78 is 31.7. The highest BCUT2D eigenvalue weighted by molar-refractivity contribution is 5.80. The number of alkyl halides is 3. The highest BCUT2D eigenvalue weighted by Crippen LogP contribution is 2.30. The van der Waals surface area contributed by atoms with Crippen LogP contribution in [0.1, 0.15) is 43.1 Å². The Kier molecular flexibility index (Phi) is 6.71. The lowest BCUT2D eigenvalue weighted by Crippen LogP contribution is -2.31. The highest BCUT2D eigenvalue weighted by Gasteiger charge is 2.38. The molecule has 29 heavy (non-hydrogen) atoms. The Bertz CT molecular complexity index is 891. The molecule has 0 radical (unpaired) electrons. The molecule has 6 nitrogen and oxygen atoms in total. The molecule has 9 heteroatoms. The van der Waals surface area contributed by atoms with Gasteiger partial charge in [0.15, 0.2) is 0 Å². The van der Waals surface area contributed by atoms with E-state index in [1.165, 1.54) is 16.7 Å². The summed E-state index contributed by atoms with van der Waals surface area (Å²) in [6.07, 6.45) is -2.65. The molecule has 1 fully saturated rings. The Balaban J connectivity index is 0.000000370. The van der Waals surface area contributed by atoms with Gasteiger partial charge in [-0.25, -0.2) is 9.78 Å². The molecule has 1 aliphatic heterocycles. The third kappa shape index (κ3) is 5.58. The summed E-state index contributed by atoms with van der Waals surface area (Å²) >= 11 is 0. The van der Waals surface area contributed by atoms with Crippen LogP contribution in [-0.4, -0.2) is 50.6 Å². The first-order valence-corrected chi connectivity index (χ1v) is 9.12. The molecule has 2 aromatic rings. The predicted molar refractivity (Wildman–Crippen MR) is 101 cm³/mol. The number of aromatic amines is 1. The van der Waals surface area contributed by atoms with E-state index >= 15 is 0 Å². The third-order valence-electron chi connectivity index (χ3n) is 4.68. The van der Waals surface area contributed by atoms with Crippen molar-refractivity contribution in [2.45, 2.75) is 52.3 Å². The number of aryl methyl sites for hydroxylation is 2. The van der Waals surface area contributed by atoms with Crippen molar-refractivity contribution < 1.29 is 27.9 Å². The monoisotopic (exact) mass is 411 g/mol. The summed E-state index contributed by atoms with van der Waals surface area (Å²) in [6, 6.07) is 6.67. The number of carboxylic acid groups (broad SMARTS) is 1. The van der Waals surface area contributed by atoms with Gasteiger partial charge in [0.05, 0.1) is 11.9 Å². The van der Waals surface area contributed by atoms with Crippen LogP contribution in [0, 0.1) is 13.8 Å². The van der Waals surface area contributed by atoms with Gasteiger partial charge in [0.25, 0.3) is 0 Å². The van der Waals surface area contributed by atoms with Gasteiger partial charge in [-0.3, -0.25) is 4.79 Å². The zero-order valence-electron chi connectivity index (χ0n) is 16.7. The van der Waals surface area contributed by atoms with Gasteiger partial charge >= 0.3 is 12.1 Å². The fraction of sp³-hybridized carbons (Fsp3) is 0.450. The number of aromatic nitrogens is 2. The Morgan fingerprint density at radius 3 is 2.41 bits per heavy atom. The van der Waals surface area contributed by atoms with Crippen LogP contribution < -0.4 is 0 Å². The molecule has 1 unspecified atom stereocenters. The molecule has 3 rings (SSSR count). The Hall–Kier alpha value is -2.84. The van der Waals surface area contributed by atoms with E-state index in [0.717, 1.165) is 18.1 Å². The van der Waals surface area contributed by atoms with Crippen LogP contribution in [0.15, 0.2) is 24.4 Å². The fourth-order valence-electron chi connectivity index (χ4n) is 3.21. The van der Waals surface area contributed by atoms with Gasteiger partial charge in [-0.05, 0) is 33.3 Å². The number of hydrogen-bond acceptors (Lipinski definition) is 3. The molecule has 1 atom stereocenters. The van der Waals surface area contributed by atoms with Crippen molar-refractivity contribution in [1.82, 2.24) is 14.9 Å². The zero-order chi connectivity index (χ0) is 21.9. The number of imidazole rings is 1. The van der Waals surface area contributed by atoms with Gasteiger partial charge in [0.2, 0.25) is 5.91 Å². The smallest absolute Gasteiger partial charge is 0.475 e. The summed E-state index contributed by atoms with van der Waals surface area (Å²) in [5.41, 5.74) is 4.70. The molecule has 1 aliphatic rings. The average Bonchev–Trinajstić information content (AvgIpc) is 3.21. The van der Waals surface area contributed by atoms with E-state index in [0.29, 0.717) is 6.42 Å². The van der Waals surface area contributed by atoms with Crippen LogP contribution in [0.3, 0.4) is 0 Å². The third-order valence-corrected chi connectivity index (χ3v) is 4.68. The second kappa shape index (κ2) is 8.67. The largest absolute Gasteiger partial charge is 0.490 e. The Labute approximate surface area is 166 Å². The molecule has 2 heterocycles. The Morgan fingerprint density at radius 1 is 1.31 bits per heavy atom. The van der Waals surface area contributed by atoms with Crippen molar-refractivity contribution in [3.05, 3.63) is 41.3 Å². The van der Waals surface area contributed by atoms with Crippen LogP contribution in [0.5, 0.6) is 0 Å². The minimum Gasteiger partial charge on any atom is -0.475 e. The minimum atomic E-state index is -5.08. The fourth-order valence-corrected chi connectivity index (χ4v) is 3.21. The molecule has 0 saturated carbocycles. The highest BCUT2D eigenvalue weighted by atomic mass is 19.4. The maximum Gasteiger partial charge on any atom is 0.490 e. The number of amides is 1. The zero-order valence-corrected chi connectivity index (χ0v) is 16.7. The number of likely N-dealkylation sites (tertiary alicyclic amines) is 1. The number of halogens is 3. The number of rotatable bonds is 3. The predicted octanol–water partition coefficient (Wildman–Crippen LogP) is 4.05. The second-order valence-corrected chi connectivity index (χ2v) is 7.34. The van der Waals surface area contributed by atoms with Crippen LogP contribution in [0.2, 0.25) is 0 Å². The number of carboxylic acids is 1. The molecule has 0 bridgehead atoms. The molecular formula is C20H24F3N3O3. The number of benzene rings is 1. The maximum atomic E-state index is 12.1. The average molecular weight is 411 g/mol. The van der Waals surface area contributed by atoms with Crippen molar-refractivity contribution in [2.24, 2.45) is 0 Å². The lowest BCUT2D eigenvalue weighted by atomic mass is 10.0. The van der Waals surface area contributed by atoms with E-state index < -0.39 is 12.1 Å².